The van der Waals surface area contributed by atoms with Gasteiger partial charge in [-0.1, -0.05) is 11.3 Å². The molecule has 0 bridgehead atoms. The van der Waals surface area contributed by atoms with E-state index in [9.17, 15) is 23.9 Å². The molecule has 40 heavy (non-hydrogen) atoms. The molecule has 2 atom stereocenters. The highest BCUT2D eigenvalue weighted by atomic mass is 32.1. The molecule has 0 saturated heterocycles. The summed E-state index contributed by atoms with van der Waals surface area (Å²) in [7, 11) is 2.95. The van der Waals surface area contributed by atoms with Crippen LogP contribution in [0.15, 0.2) is 40.2 Å². The van der Waals surface area contributed by atoms with E-state index < -0.39 is 40.8 Å². The molecule has 0 unspecified atom stereocenters. The van der Waals surface area contributed by atoms with Gasteiger partial charge in [0.25, 0.3) is 5.56 Å². The predicted molar refractivity (Wildman–Crippen MR) is 145 cm³/mol. The molecule has 214 valence electrons. The zero-order valence-electron chi connectivity index (χ0n) is 22.9. The van der Waals surface area contributed by atoms with Gasteiger partial charge in [0.05, 0.1) is 43.6 Å². The van der Waals surface area contributed by atoms with Crippen molar-refractivity contribution in [3.8, 4) is 10.8 Å². The van der Waals surface area contributed by atoms with Crippen molar-refractivity contribution in [3.05, 3.63) is 68.4 Å². The monoisotopic (exact) mass is 575 g/mol. The fourth-order valence-electron chi connectivity index (χ4n) is 4.20. The lowest BCUT2D eigenvalue weighted by molar-refractivity contribution is -0.140. The van der Waals surface area contributed by atoms with E-state index >= 15 is 0 Å². The molecule has 12 nitrogen and oxygen atoms in total. The number of ether oxygens (including phenoxy) is 3. The first-order chi connectivity index (χ1) is 18.9. The van der Waals surface area contributed by atoms with Gasteiger partial charge in [0.1, 0.15) is 33.5 Å². The number of aryl methyl sites for hydroxylation is 1. The summed E-state index contributed by atoms with van der Waals surface area (Å²) in [6.45, 7) is 6.39. The first-order valence-electron chi connectivity index (χ1n) is 12.3. The second kappa shape index (κ2) is 11.3. The molecule has 0 aliphatic carbocycles. The van der Waals surface area contributed by atoms with Crippen LogP contribution < -0.4 is 16.0 Å². The van der Waals surface area contributed by atoms with Gasteiger partial charge in [-0.3, -0.25) is 9.36 Å². The van der Waals surface area contributed by atoms with E-state index in [4.69, 9.17) is 14.2 Å². The van der Waals surface area contributed by atoms with Crippen LogP contribution in [0.3, 0.4) is 0 Å². The van der Waals surface area contributed by atoms with Crippen molar-refractivity contribution in [2.24, 2.45) is 0 Å². The summed E-state index contributed by atoms with van der Waals surface area (Å²) >= 11 is 1.10. The third-order valence-electron chi connectivity index (χ3n) is 6.63. The molecule has 3 heterocycles. The van der Waals surface area contributed by atoms with Crippen molar-refractivity contribution in [2.45, 2.75) is 52.0 Å². The standard InChI is InChI=1S/C26H30FN5O7S/c1-14-20-21(33)31(15(2)24(34)35)25(36)30(23(20)40-22(14)32-28-9-10-29-32)12-19(39-13-26(3,4)38-6)17-11-16(27)7-8-18(17)37-5/h7-11,15,19H,12-13H2,1-6H3,(H,34,35)/t15-,19-/m0/s1. The maximum absolute atomic E-state index is 14.5. The molecule has 0 saturated carbocycles. The van der Waals surface area contributed by atoms with Gasteiger partial charge < -0.3 is 19.3 Å². The third-order valence-corrected chi connectivity index (χ3v) is 7.92. The first-order valence-corrected chi connectivity index (χ1v) is 13.1. The van der Waals surface area contributed by atoms with E-state index in [1.165, 1.54) is 61.1 Å². The summed E-state index contributed by atoms with van der Waals surface area (Å²) in [5.74, 6) is -1.58. The fraction of sp³-hybridized carbons (Fsp3) is 0.423. The van der Waals surface area contributed by atoms with Crippen LogP contribution in [0.4, 0.5) is 4.39 Å². The van der Waals surface area contributed by atoms with E-state index in [0.29, 0.717) is 26.4 Å². The van der Waals surface area contributed by atoms with E-state index in [-0.39, 0.29) is 23.4 Å². The Morgan fingerprint density at radius 2 is 1.88 bits per heavy atom. The number of nitrogens with zero attached hydrogens (tertiary/aromatic N) is 5. The van der Waals surface area contributed by atoms with Gasteiger partial charge in [-0.15, -0.1) is 4.80 Å². The molecule has 0 fully saturated rings. The zero-order valence-corrected chi connectivity index (χ0v) is 23.7. The number of methoxy groups -OCH3 is 2. The smallest absolute Gasteiger partial charge is 0.333 e. The van der Waals surface area contributed by atoms with Gasteiger partial charge >= 0.3 is 11.7 Å². The fourth-order valence-corrected chi connectivity index (χ4v) is 5.42. The quantitative estimate of drug-likeness (QED) is 0.286. The molecule has 0 aliphatic heterocycles. The topological polar surface area (TPSA) is 140 Å². The number of thiophene rings is 1. The van der Waals surface area contributed by atoms with Crippen LogP contribution in [0.25, 0.3) is 15.2 Å². The SMILES string of the molecule is COc1ccc(F)cc1[C@H](Cn1c(=O)n([C@@H](C)C(=O)O)c(=O)c2c(C)c(-n3nccn3)sc21)OCC(C)(C)OC. The van der Waals surface area contributed by atoms with Crippen LogP contribution in [0.1, 0.15) is 44.0 Å². The average Bonchev–Trinajstić information content (AvgIpc) is 3.56. The third kappa shape index (κ3) is 5.42. The van der Waals surface area contributed by atoms with Crippen LogP contribution in [-0.4, -0.2) is 61.6 Å². The maximum atomic E-state index is 14.5. The van der Waals surface area contributed by atoms with Crippen molar-refractivity contribution < 1.29 is 28.5 Å². The molecule has 1 N–H and O–H groups in total. The van der Waals surface area contributed by atoms with Crippen molar-refractivity contribution in [2.75, 3.05) is 20.8 Å². The Morgan fingerprint density at radius 3 is 2.48 bits per heavy atom. The number of fused-ring (bicyclic) bond motifs is 1. The summed E-state index contributed by atoms with van der Waals surface area (Å²) in [6, 6.07) is 2.48. The lowest BCUT2D eigenvalue weighted by atomic mass is 10.1. The minimum atomic E-state index is -1.46. The van der Waals surface area contributed by atoms with Crippen LogP contribution in [-0.2, 0) is 20.8 Å². The number of aliphatic carboxylic acids is 1. The van der Waals surface area contributed by atoms with Gasteiger partial charge in [-0.05, 0) is 45.9 Å². The number of hydrogen-bond donors (Lipinski definition) is 1. The number of carboxylic acid groups (broad SMARTS) is 1. The number of carbonyl (C=O) groups is 1. The molecule has 3 aromatic heterocycles. The molecular formula is C26H30FN5O7S. The molecule has 1 aromatic carbocycles. The lowest BCUT2D eigenvalue weighted by Gasteiger charge is -2.28. The minimum absolute atomic E-state index is 0.0584. The van der Waals surface area contributed by atoms with Gasteiger partial charge in [0.2, 0.25) is 0 Å². The van der Waals surface area contributed by atoms with Crippen molar-refractivity contribution in [1.82, 2.24) is 24.1 Å². The second-order valence-corrected chi connectivity index (χ2v) is 10.7. The molecular weight excluding hydrogens is 545 g/mol. The van der Waals surface area contributed by atoms with Gasteiger partial charge in [-0.25, -0.2) is 18.5 Å². The maximum Gasteiger partial charge on any atom is 0.333 e. The van der Waals surface area contributed by atoms with Gasteiger partial charge in [-0.2, -0.15) is 10.2 Å². The molecule has 14 heteroatoms. The lowest BCUT2D eigenvalue weighted by Crippen LogP contribution is -2.44. The largest absolute Gasteiger partial charge is 0.496 e. The van der Waals surface area contributed by atoms with Crippen molar-refractivity contribution >= 4 is 27.5 Å². The van der Waals surface area contributed by atoms with E-state index in [1.807, 2.05) is 0 Å². The molecule has 4 rings (SSSR count). The Morgan fingerprint density at radius 1 is 1.20 bits per heavy atom. The summed E-state index contributed by atoms with van der Waals surface area (Å²) in [6.07, 6.45) is 1.99. The predicted octanol–water partition coefficient (Wildman–Crippen LogP) is 3.09. The van der Waals surface area contributed by atoms with Gasteiger partial charge in [0.15, 0.2) is 0 Å². The summed E-state index contributed by atoms with van der Waals surface area (Å²) in [5.41, 5.74) is -1.54. The van der Waals surface area contributed by atoms with E-state index in [0.717, 1.165) is 11.3 Å². The number of benzene rings is 1. The summed E-state index contributed by atoms with van der Waals surface area (Å²) in [5, 5.41) is 18.6. The Balaban J connectivity index is 2.00. The molecule has 4 aromatic rings. The second-order valence-electron chi connectivity index (χ2n) is 9.76. The molecule has 0 radical (unpaired) electrons. The number of rotatable bonds is 11. The number of aromatic nitrogens is 5. The van der Waals surface area contributed by atoms with Crippen molar-refractivity contribution in [1.29, 1.82) is 0 Å². The Kier molecular flexibility index (Phi) is 8.23. The Bertz CT molecular complexity index is 1660. The van der Waals surface area contributed by atoms with Crippen molar-refractivity contribution in [3.63, 3.8) is 0 Å². The molecule has 0 amide bonds. The first kappa shape index (κ1) is 29.1. The van der Waals surface area contributed by atoms with Crippen LogP contribution in [0.5, 0.6) is 5.75 Å². The summed E-state index contributed by atoms with van der Waals surface area (Å²) < 4.78 is 33.6. The molecule has 0 spiro atoms. The van der Waals surface area contributed by atoms with Crippen LogP contribution in [0, 0.1) is 12.7 Å². The minimum Gasteiger partial charge on any atom is -0.496 e. The highest BCUT2D eigenvalue weighted by Gasteiger charge is 2.30. The Labute approximate surface area is 232 Å². The van der Waals surface area contributed by atoms with Crippen LogP contribution >= 0.6 is 11.3 Å². The number of halogens is 1. The average molecular weight is 576 g/mol. The van der Waals surface area contributed by atoms with Crippen LogP contribution in [0.2, 0.25) is 0 Å². The zero-order chi connectivity index (χ0) is 29.4. The highest BCUT2D eigenvalue weighted by molar-refractivity contribution is 7.21. The summed E-state index contributed by atoms with van der Waals surface area (Å²) in [4.78, 5) is 40.9. The van der Waals surface area contributed by atoms with E-state index in [2.05, 4.69) is 10.2 Å². The highest BCUT2D eigenvalue weighted by Crippen LogP contribution is 2.34. The Hall–Kier alpha value is -3.88. The number of carboxylic acids is 1. The van der Waals surface area contributed by atoms with E-state index in [1.54, 1.807) is 20.8 Å². The number of hydrogen-bond acceptors (Lipinski definition) is 9. The van der Waals surface area contributed by atoms with Gasteiger partial charge in [0, 0.05) is 18.2 Å². The normalized spacial score (nSPS) is 13.5. The molecule has 0 aliphatic rings.